The first-order valence-electron chi connectivity index (χ1n) is 10.1. The number of nitrogens with zero attached hydrogens (tertiary/aromatic N) is 2. The molecular weight excluding hydrogens is 392 g/mol. The quantitative estimate of drug-likeness (QED) is 0.550. The maximum Gasteiger partial charge on any atom is 0.244 e. The van der Waals surface area contributed by atoms with Crippen LogP contribution >= 0.6 is 0 Å². The van der Waals surface area contributed by atoms with Crippen LogP contribution in [-0.4, -0.2) is 41.3 Å². The number of ether oxygens (including phenoxy) is 1. The number of amides is 2. The van der Waals surface area contributed by atoms with Crippen molar-refractivity contribution < 1.29 is 14.3 Å². The molecule has 2 N–H and O–H groups in total. The molecule has 0 saturated carbocycles. The highest BCUT2D eigenvalue weighted by Crippen LogP contribution is 2.32. The third-order valence-corrected chi connectivity index (χ3v) is 4.64. The van der Waals surface area contributed by atoms with Crippen molar-refractivity contribution in [2.24, 2.45) is 0 Å². The van der Waals surface area contributed by atoms with Gasteiger partial charge in [-0.05, 0) is 44.2 Å². The third-order valence-electron chi connectivity index (χ3n) is 4.64. The number of benzene rings is 2. The van der Waals surface area contributed by atoms with Gasteiger partial charge in [-0.3, -0.25) is 9.59 Å². The minimum atomic E-state index is -0.627. The Morgan fingerprint density at radius 2 is 1.84 bits per heavy atom. The van der Waals surface area contributed by atoms with Crippen LogP contribution in [0.2, 0.25) is 0 Å². The number of hydrogen-bond donors (Lipinski definition) is 2. The van der Waals surface area contributed by atoms with Crippen LogP contribution in [-0.2, 0) is 9.59 Å². The molecular formula is C24H26N4O3. The molecule has 3 aromatic rings. The summed E-state index contributed by atoms with van der Waals surface area (Å²) in [6.07, 6.45) is 4.95. The average Bonchev–Trinajstić information content (AvgIpc) is 3.22. The lowest BCUT2D eigenvalue weighted by Gasteiger charge is -2.11. The van der Waals surface area contributed by atoms with E-state index in [0.29, 0.717) is 18.0 Å². The Morgan fingerprint density at radius 3 is 2.55 bits per heavy atom. The summed E-state index contributed by atoms with van der Waals surface area (Å²) in [6.45, 7) is 3.98. The second-order valence-electron chi connectivity index (χ2n) is 6.87. The number of aromatic nitrogens is 2. The van der Waals surface area contributed by atoms with Crippen LogP contribution in [0.5, 0.6) is 5.75 Å². The minimum absolute atomic E-state index is 0.226. The maximum atomic E-state index is 12.4. The van der Waals surface area contributed by atoms with Crippen LogP contribution in [0, 0.1) is 0 Å². The number of para-hydroxylation sites is 2. The van der Waals surface area contributed by atoms with Crippen molar-refractivity contribution >= 4 is 17.9 Å². The average molecular weight is 418 g/mol. The van der Waals surface area contributed by atoms with Crippen LogP contribution in [0.4, 0.5) is 0 Å². The largest absolute Gasteiger partial charge is 0.496 e. The molecule has 0 spiro atoms. The van der Waals surface area contributed by atoms with Gasteiger partial charge < -0.3 is 15.4 Å². The number of carbonyl (C=O) groups is 2. The Bertz CT molecular complexity index is 1070. The third kappa shape index (κ3) is 5.39. The van der Waals surface area contributed by atoms with Crippen LogP contribution in [0.1, 0.15) is 19.4 Å². The summed E-state index contributed by atoms with van der Waals surface area (Å²) in [4.78, 5) is 24.2. The minimum Gasteiger partial charge on any atom is -0.496 e. The van der Waals surface area contributed by atoms with Crippen molar-refractivity contribution in [1.82, 2.24) is 20.4 Å². The Morgan fingerprint density at radius 1 is 1.13 bits per heavy atom. The predicted octanol–water partition coefficient (Wildman–Crippen LogP) is 3.20. The number of methoxy groups -OCH3 is 1. The smallest absolute Gasteiger partial charge is 0.244 e. The fourth-order valence-corrected chi connectivity index (χ4v) is 3.09. The number of hydrogen-bond acceptors (Lipinski definition) is 4. The Balaban J connectivity index is 1.93. The first kappa shape index (κ1) is 21.8. The van der Waals surface area contributed by atoms with Gasteiger partial charge in [-0.25, -0.2) is 4.68 Å². The van der Waals surface area contributed by atoms with E-state index >= 15 is 0 Å². The van der Waals surface area contributed by atoms with E-state index in [1.54, 1.807) is 24.8 Å². The summed E-state index contributed by atoms with van der Waals surface area (Å²) >= 11 is 0. The molecule has 0 aliphatic rings. The van der Waals surface area contributed by atoms with Gasteiger partial charge in [0.2, 0.25) is 11.8 Å². The first-order chi connectivity index (χ1) is 15.0. The molecule has 7 heteroatoms. The van der Waals surface area contributed by atoms with Crippen LogP contribution in [0.25, 0.3) is 23.0 Å². The van der Waals surface area contributed by atoms with E-state index in [1.165, 1.54) is 6.08 Å². The van der Waals surface area contributed by atoms with Gasteiger partial charge in [0.15, 0.2) is 0 Å². The summed E-state index contributed by atoms with van der Waals surface area (Å²) < 4.78 is 7.26. The van der Waals surface area contributed by atoms with Crippen molar-refractivity contribution in [3.63, 3.8) is 0 Å². The lowest BCUT2D eigenvalue weighted by Crippen LogP contribution is -2.44. The van der Waals surface area contributed by atoms with Crippen molar-refractivity contribution in [2.75, 3.05) is 13.7 Å². The number of nitrogens with one attached hydrogen (secondary N) is 2. The first-order valence-corrected chi connectivity index (χ1v) is 10.1. The van der Waals surface area contributed by atoms with E-state index in [2.05, 4.69) is 10.6 Å². The van der Waals surface area contributed by atoms with Gasteiger partial charge in [-0.15, -0.1) is 0 Å². The molecule has 0 bridgehead atoms. The van der Waals surface area contributed by atoms with Gasteiger partial charge in [0.1, 0.15) is 17.5 Å². The molecule has 0 saturated heterocycles. The predicted molar refractivity (Wildman–Crippen MR) is 121 cm³/mol. The molecule has 1 heterocycles. The van der Waals surface area contributed by atoms with E-state index in [9.17, 15) is 9.59 Å². The fraction of sp³-hybridized carbons (Fsp3) is 0.208. The molecule has 1 aromatic heterocycles. The van der Waals surface area contributed by atoms with Crippen molar-refractivity contribution in [3.05, 3.63) is 72.4 Å². The standard InChI is InChI=1S/C24H26N4O3/c1-4-25-24(30)17(2)26-22(29)15-14-18-16-28(19-10-6-5-7-11-19)27-23(18)20-12-8-9-13-21(20)31-3/h5-17H,4H2,1-3H3,(H,25,30)(H,26,29)/b15-14+/t17-/m1/s1. The van der Waals surface area contributed by atoms with Gasteiger partial charge in [0, 0.05) is 29.9 Å². The molecule has 0 radical (unpaired) electrons. The summed E-state index contributed by atoms with van der Waals surface area (Å²) in [6, 6.07) is 16.7. The molecule has 1 atom stereocenters. The van der Waals surface area contributed by atoms with Gasteiger partial charge >= 0.3 is 0 Å². The fourth-order valence-electron chi connectivity index (χ4n) is 3.09. The monoisotopic (exact) mass is 418 g/mol. The second kappa shape index (κ2) is 10.2. The second-order valence-corrected chi connectivity index (χ2v) is 6.87. The Labute approximate surface area is 181 Å². The normalized spacial score (nSPS) is 11.8. The highest BCUT2D eigenvalue weighted by Gasteiger charge is 2.16. The van der Waals surface area contributed by atoms with E-state index in [-0.39, 0.29) is 11.8 Å². The summed E-state index contributed by atoms with van der Waals surface area (Å²) in [5, 5.41) is 10.1. The molecule has 0 aliphatic heterocycles. The molecule has 7 nitrogen and oxygen atoms in total. The number of likely N-dealkylation sites (N-methyl/N-ethyl adjacent to an activating group) is 1. The Hall–Kier alpha value is -3.87. The van der Waals surface area contributed by atoms with Crippen LogP contribution in [0.3, 0.4) is 0 Å². The zero-order valence-electron chi connectivity index (χ0n) is 17.8. The molecule has 0 fully saturated rings. The van der Waals surface area contributed by atoms with Gasteiger partial charge in [-0.2, -0.15) is 5.10 Å². The van der Waals surface area contributed by atoms with Crippen molar-refractivity contribution in [1.29, 1.82) is 0 Å². The van der Waals surface area contributed by atoms with E-state index in [0.717, 1.165) is 16.8 Å². The maximum absolute atomic E-state index is 12.4. The highest BCUT2D eigenvalue weighted by molar-refractivity contribution is 5.96. The van der Waals surface area contributed by atoms with E-state index in [1.807, 2.05) is 67.7 Å². The lowest BCUT2D eigenvalue weighted by atomic mass is 10.1. The lowest BCUT2D eigenvalue weighted by molar-refractivity contribution is -0.126. The van der Waals surface area contributed by atoms with Crippen LogP contribution < -0.4 is 15.4 Å². The van der Waals surface area contributed by atoms with Gasteiger partial charge in [0.05, 0.1) is 12.8 Å². The summed E-state index contributed by atoms with van der Waals surface area (Å²) in [7, 11) is 1.61. The van der Waals surface area contributed by atoms with E-state index < -0.39 is 6.04 Å². The zero-order valence-corrected chi connectivity index (χ0v) is 17.8. The summed E-state index contributed by atoms with van der Waals surface area (Å²) in [5.41, 5.74) is 3.14. The zero-order chi connectivity index (χ0) is 22.2. The molecule has 2 amide bonds. The van der Waals surface area contributed by atoms with E-state index in [4.69, 9.17) is 9.84 Å². The molecule has 0 unspecified atom stereocenters. The molecule has 160 valence electrons. The van der Waals surface area contributed by atoms with Gasteiger partial charge in [-0.1, -0.05) is 30.3 Å². The number of rotatable bonds is 8. The van der Waals surface area contributed by atoms with Crippen molar-refractivity contribution in [2.45, 2.75) is 19.9 Å². The summed E-state index contributed by atoms with van der Waals surface area (Å²) in [5.74, 6) is 0.0952. The number of carbonyl (C=O) groups excluding carboxylic acids is 2. The van der Waals surface area contributed by atoms with Crippen LogP contribution in [0.15, 0.2) is 66.9 Å². The SMILES string of the molecule is CCNC(=O)[C@@H](C)NC(=O)/C=C/c1cn(-c2ccccc2)nc1-c1ccccc1OC. The van der Waals surface area contributed by atoms with Gasteiger partial charge in [0.25, 0.3) is 0 Å². The van der Waals surface area contributed by atoms with Crippen molar-refractivity contribution in [3.8, 4) is 22.7 Å². The molecule has 2 aromatic carbocycles. The Kier molecular flexibility index (Phi) is 7.22. The topological polar surface area (TPSA) is 85.3 Å². The molecule has 31 heavy (non-hydrogen) atoms. The molecule has 0 aliphatic carbocycles. The highest BCUT2D eigenvalue weighted by atomic mass is 16.5. The molecule has 3 rings (SSSR count).